The molecule has 0 aliphatic carbocycles. The molecule has 2 rings (SSSR count). The lowest BCUT2D eigenvalue weighted by atomic mass is 10.2. The van der Waals surface area contributed by atoms with E-state index in [-0.39, 0.29) is 22.0 Å². The van der Waals surface area contributed by atoms with Crippen LogP contribution >= 0.6 is 11.6 Å². The average Bonchev–Trinajstić information content (AvgIpc) is 2.42. The van der Waals surface area contributed by atoms with E-state index in [9.17, 15) is 14.0 Å². The lowest BCUT2D eigenvalue weighted by Crippen LogP contribution is -2.18. The number of aromatic carboxylic acids is 1. The molecule has 7 heteroatoms. The van der Waals surface area contributed by atoms with Crippen molar-refractivity contribution in [2.45, 2.75) is 0 Å². The summed E-state index contributed by atoms with van der Waals surface area (Å²) >= 11 is 5.81. The van der Waals surface area contributed by atoms with Crippen molar-refractivity contribution in [2.24, 2.45) is 0 Å². The first-order valence-electron chi connectivity index (χ1n) is 5.44. The maximum absolute atomic E-state index is 13.1. The third kappa shape index (κ3) is 2.92. The normalized spacial score (nSPS) is 10.1. The Morgan fingerprint density at radius 3 is 2.75 bits per heavy atom. The molecular weight excluding hydrogens is 287 g/mol. The summed E-state index contributed by atoms with van der Waals surface area (Å²) in [6, 6.07) is 6.10. The molecule has 2 aromatic rings. The van der Waals surface area contributed by atoms with Crippen molar-refractivity contribution in [3.63, 3.8) is 0 Å². The quantitative estimate of drug-likeness (QED) is 0.912. The van der Waals surface area contributed by atoms with E-state index in [1.54, 1.807) is 0 Å². The summed E-state index contributed by atoms with van der Waals surface area (Å²) < 4.78 is 13.1. The number of hydrogen-bond acceptors (Lipinski definition) is 3. The summed E-state index contributed by atoms with van der Waals surface area (Å²) in [6.45, 7) is 0. The predicted molar refractivity (Wildman–Crippen MR) is 70.6 cm³/mol. The molecule has 0 saturated carbocycles. The Bertz CT molecular complexity index is 691. The average molecular weight is 295 g/mol. The highest BCUT2D eigenvalue weighted by Gasteiger charge is 2.18. The van der Waals surface area contributed by atoms with Crippen LogP contribution in [0.1, 0.15) is 20.8 Å². The van der Waals surface area contributed by atoms with E-state index in [0.717, 1.165) is 12.1 Å². The van der Waals surface area contributed by atoms with E-state index in [4.69, 9.17) is 16.7 Å². The number of rotatable bonds is 3. The van der Waals surface area contributed by atoms with Gasteiger partial charge in [-0.15, -0.1) is 0 Å². The van der Waals surface area contributed by atoms with Crippen molar-refractivity contribution in [3.8, 4) is 0 Å². The van der Waals surface area contributed by atoms with Gasteiger partial charge in [0.15, 0.2) is 0 Å². The summed E-state index contributed by atoms with van der Waals surface area (Å²) in [4.78, 5) is 26.7. The molecule has 1 heterocycles. The largest absolute Gasteiger partial charge is 0.478 e. The molecule has 1 aromatic carbocycles. The zero-order valence-corrected chi connectivity index (χ0v) is 10.7. The van der Waals surface area contributed by atoms with Gasteiger partial charge in [0.25, 0.3) is 5.91 Å². The Hall–Kier alpha value is -2.47. The van der Waals surface area contributed by atoms with Gasteiger partial charge >= 0.3 is 5.97 Å². The van der Waals surface area contributed by atoms with E-state index in [0.29, 0.717) is 0 Å². The molecule has 1 aromatic heterocycles. The number of hydrogen-bond donors (Lipinski definition) is 2. The predicted octanol–water partition coefficient (Wildman–Crippen LogP) is 2.82. The number of nitrogens with zero attached hydrogens (tertiary/aromatic N) is 1. The van der Waals surface area contributed by atoms with Crippen LogP contribution in [0.4, 0.5) is 10.1 Å². The number of pyridine rings is 1. The topological polar surface area (TPSA) is 79.3 Å². The fraction of sp³-hybridized carbons (Fsp3) is 0. The van der Waals surface area contributed by atoms with Crippen molar-refractivity contribution in [1.82, 2.24) is 4.98 Å². The Morgan fingerprint density at radius 2 is 2.05 bits per heavy atom. The Kier molecular flexibility index (Phi) is 3.95. The third-order valence-corrected chi connectivity index (χ3v) is 2.76. The monoisotopic (exact) mass is 294 g/mol. The van der Waals surface area contributed by atoms with E-state index < -0.39 is 17.7 Å². The number of carbonyl (C=O) groups excluding carboxylic acids is 1. The molecular formula is C13H8ClFN2O3. The number of anilines is 1. The minimum Gasteiger partial charge on any atom is -0.478 e. The minimum absolute atomic E-state index is 0.0404. The Morgan fingerprint density at radius 1 is 1.30 bits per heavy atom. The second-order valence-corrected chi connectivity index (χ2v) is 4.19. The highest BCUT2D eigenvalue weighted by molar-refractivity contribution is 6.34. The van der Waals surface area contributed by atoms with Crippen LogP contribution in [0.3, 0.4) is 0 Å². The van der Waals surface area contributed by atoms with Crippen molar-refractivity contribution in [3.05, 3.63) is 58.6 Å². The smallest absolute Gasteiger partial charge is 0.338 e. The SMILES string of the molecule is O=C(O)c1cccnc1C(=O)Nc1cc(F)ccc1Cl. The van der Waals surface area contributed by atoms with Gasteiger partial charge < -0.3 is 10.4 Å². The molecule has 102 valence electrons. The molecule has 20 heavy (non-hydrogen) atoms. The highest BCUT2D eigenvalue weighted by atomic mass is 35.5. The van der Waals surface area contributed by atoms with Gasteiger partial charge in [-0.2, -0.15) is 0 Å². The molecule has 0 radical (unpaired) electrons. The first-order valence-corrected chi connectivity index (χ1v) is 5.81. The van der Waals surface area contributed by atoms with E-state index in [1.807, 2.05) is 0 Å². The maximum atomic E-state index is 13.1. The number of nitrogens with one attached hydrogen (secondary N) is 1. The number of carboxylic acids is 1. The van der Waals surface area contributed by atoms with Crippen LogP contribution in [0.15, 0.2) is 36.5 Å². The van der Waals surface area contributed by atoms with Crippen molar-refractivity contribution < 1.29 is 19.1 Å². The summed E-state index contributed by atoms with van der Waals surface area (Å²) in [5.74, 6) is -2.65. The minimum atomic E-state index is -1.28. The summed E-state index contributed by atoms with van der Waals surface area (Å²) in [5, 5.41) is 11.4. The number of carboxylic acid groups (broad SMARTS) is 1. The summed E-state index contributed by atoms with van der Waals surface area (Å²) in [6.07, 6.45) is 1.29. The molecule has 0 saturated heterocycles. The Labute approximate surface area is 118 Å². The first kappa shape index (κ1) is 14.0. The zero-order chi connectivity index (χ0) is 14.7. The molecule has 0 aliphatic rings. The third-order valence-electron chi connectivity index (χ3n) is 2.43. The second-order valence-electron chi connectivity index (χ2n) is 3.78. The van der Waals surface area contributed by atoms with E-state index in [1.165, 1.54) is 24.4 Å². The van der Waals surface area contributed by atoms with Crippen LogP contribution in [0.2, 0.25) is 5.02 Å². The first-order chi connectivity index (χ1) is 9.49. The highest BCUT2D eigenvalue weighted by Crippen LogP contribution is 2.23. The lowest BCUT2D eigenvalue weighted by Gasteiger charge is -2.08. The number of amides is 1. The van der Waals surface area contributed by atoms with Crippen LogP contribution in [0.25, 0.3) is 0 Å². The van der Waals surface area contributed by atoms with Crippen LogP contribution in [-0.4, -0.2) is 22.0 Å². The molecule has 0 fully saturated rings. The molecule has 0 bridgehead atoms. The van der Waals surface area contributed by atoms with E-state index in [2.05, 4.69) is 10.3 Å². The number of aromatic nitrogens is 1. The second kappa shape index (κ2) is 5.66. The van der Waals surface area contributed by atoms with Gasteiger partial charge in [-0.3, -0.25) is 9.78 Å². The van der Waals surface area contributed by atoms with Gasteiger partial charge in [-0.05, 0) is 30.3 Å². The zero-order valence-electron chi connectivity index (χ0n) is 9.93. The summed E-state index contributed by atoms with van der Waals surface area (Å²) in [7, 11) is 0. The molecule has 0 spiro atoms. The molecule has 5 nitrogen and oxygen atoms in total. The van der Waals surface area contributed by atoms with Gasteiger partial charge in [-0.1, -0.05) is 11.6 Å². The molecule has 1 amide bonds. The van der Waals surface area contributed by atoms with Crippen molar-refractivity contribution in [2.75, 3.05) is 5.32 Å². The molecule has 2 N–H and O–H groups in total. The van der Waals surface area contributed by atoms with Gasteiger partial charge in [0, 0.05) is 6.20 Å². The van der Waals surface area contributed by atoms with Gasteiger partial charge in [0.1, 0.15) is 11.5 Å². The molecule has 0 unspecified atom stereocenters. The van der Waals surface area contributed by atoms with Crippen LogP contribution in [-0.2, 0) is 0 Å². The van der Waals surface area contributed by atoms with E-state index >= 15 is 0 Å². The Balaban J connectivity index is 2.33. The molecule has 0 atom stereocenters. The van der Waals surface area contributed by atoms with Crippen LogP contribution in [0.5, 0.6) is 0 Å². The van der Waals surface area contributed by atoms with Crippen molar-refractivity contribution >= 4 is 29.2 Å². The maximum Gasteiger partial charge on any atom is 0.338 e. The van der Waals surface area contributed by atoms with Crippen LogP contribution in [0, 0.1) is 5.82 Å². The fourth-order valence-corrected chi connectivity index (χ4v) is 1.70. The van der Waals surface area contributed by atoms with Crippen LogP contribution < -0.4 is 5.32 Å². The number of carbonyl (C=O) groups is 2. The van der Waals surface area contributed by atoms with Gasteiger partial charge in [0.05, 0.1) is 16.3 Å². The van der Waals surface area contributed by atoms with Gasteiger partial charge in [-0.25, -0.2) is 9.18 Å². The summed E-state index contributed by atoms with van der Waals surface area (Å²) in [5.41, 5.74) is -0.489. The number of halogens is 2. The standard InChI is InChI=1S/C13H8ClFN2O3/c14-9-4-3-7(15)6-10(9)17-12(18)11-8(13(19)20)2-1-5-16-11/h1-6H,(H,17,18)(H,19,20). The number of benzene rings is 1. The lowest BCUT2D eigenvalue weighted by molar-refractivity contribution is 0.0691. The molecule has 0 aliphatic heterocycles. The van der Waals surface area contributed by atoms with Gasteiger partial charge in [0.2, 0.25) is 0 Å². The van der Waals surface area contributed by atoms with Crippen molar-refractivity contribution in [1.29, 1.82) is 0 Å². The fourth-order valence-electron chi connectivity index (χ4n) is 1.53.